The maximum absolute atomic E-state index is 10.1. The molecule has 0 spiro atoms. The summed E-state index contributed by atoms with van der Waals surface area (Å²) in [5, 5.41) is 8.77. The number of carbonyl (C=O) groups is 1. The number of benzene rings is 1. The second-order valence-corrected chi connectivity index (χ2v) is 2.64. The molecular formula is C11H9NO. The Hall–Kier alpha value is -1.88. The third kappa shape index (κ3) is 2.03. The average Bonchev–Trinajstić information content (AvgIpc) is 2.15. The SMILES string of the molecule is Cc1cccc(C#N)c1C=CC=O. The number of carbonyl (C=O) groups excluding carboxylic acids is 1. The predicted octanol–water partition coefficient (Wildman–Crippen LogP) is 2.08. The number of aldehydes is 1. The number of aryl methyl sites for hydroxylation is 1. The van der Waals surface area contributed by atoms with Crippen LogP contribution >= 0.6 is 0 Å². The molecule has 0 amide bonds. The molecule has 2 nitrogen and oxygen atoms in total. The van der Waals surface area contributed by atoms with E-state index in [0.717, 1.165) is 11.1 Å². The van der Waals surface area contributed by atoms with Crippen molar-refractivity contribution in [1.82, 2.24) is 0 Å². The van der Waals surface area contributed by atoms with Crippen molar-refractivity contribution in [2.75, 3.05) is 0 Å². The minimum Gasteiger partial charge on any atom is -0.299 e. The zero-order valence-electron chi connectivity index (χ0n) is 7.32. The molecule has 0 aliphatic carbocycles. The number of rotatable bonds is 2. The van der Waals surface area contributed by atoms with E-state index in [0.29, 0.717) is 11.8 Å². The number of hydrogen-bond acceptors (Lipinski definition) is 2. The topological polar surface area (TPSA) is 40.9 Å². The van der Waals surface area contributed by atoms with Gasteiger partial charge in [-0.15, -0.1) is 0 Å². The van der Waals surface area contributed by atoms with Gasteiger partial charge in [-0.1, -0.05) is 18.2 Å². The van der Waals surface area contributed by atoms with Gasteiger partial charge in [-0.2, -0.15) is 5.26 Å². The van der Waals surface area contributed by atoms with Gasteiger partial charge in [0.1, 0.15) is 6.29 Å². The van der Waals surface area contributed by atoms with Gasteiger partial charge < -0.3 is 0 Å². The zero-order valence-corrected chi connectivity index (χ0v) is 7.32. The molecule has 0 N–H and O–H groups in total. The molecule has 1 aromatic carbocycles. The standard InChI is InChI=1S/C11H9NO/c1-9-4-2-5-10(8-12)11(9)6-3-7-13/h2-7H,1H3. The highest BCUT2D eigenvalue weighted by Crippen LogP contribution is 2.14. The van der Waals surface area contributed by atoms with Gasteiger partial charge >= 0.3 is 0 Å². The van der Waals surface area contributed by atoms with E-state index in [2.05, 4.69) is 6.07 Å². The van der Waals surface area contributed by atoms with Crippen molar-refractivity contribution >= 4 is 12.4 Å². The van der Waals surface area contributed by atoms with Crippen LogP contribution < -0.4 is 0 Å². The number of hydrogen-bond donors (Lipinski definition) is 0. The van der Waals surface area contributed by atoms with Gasteiger partial charge in [-0.3, -0.25) is 4.79 Å². The lowest BCUT2D eigenvalue weighted by Gasteiger charge is -2.00. The first kappa shape index (κ1) is 9.21. The second kappa shape index (κ2) is 4.22. The van der Waals surface area contributed by atoms with Crippen molar-refractivity contribution in [3.05, 3.63) is 41.0 Å². The highest BCUT2D eigenvalue weighted by molar-refractivity contribution is 5.76. The Labute approximate surface area is 77.1 Å². The summed E-state index contributed by atoms with van der Waals surface area (Å²) in [5.41, 5.74) is 2.41. The van der Waals surface area contributed by atoms with E-state index < -0.39 is 0 Å². The predicted molar refractivity (Wildman–Crippen MR) is 51.0 cm³/mol. The Kier molecular flexibility index (Phi) is 2.99. The summed E-state index contributed by atoms with van der Waals surface area (Å²) in [5.74, 6) is 0. The minimum absolute atomic E-state index is 0.595. The van der Waals surface area contributed by atoms with Crippen LogP contribution in [-0.4, -0.2) is 6.29 Å². The first-order valence-electron chi connectivity index (χ1n) is 3.91. The van der Waals surface area contributed by atoms with Crippen LogP contribution in [0.5, 0.6) is 0 Å². The molecule has 0 saturated heterocycles. The van der Waals surface area contributed by atoms with Crippen LogP contribution in [0.4, 0.5) is 0 Å². The van der Waals surface area contributed by atoms with Crippen LogP contribution in [0.2, 0.25) is 0 Å². The average molecular weight is 171 g/mol. The van der Waals surface area contributed by atoms with Crippen molar-refractivity contribution in [2.24, 2.45) is 0 Å². The van der Waals surface area contributed by atoms with E-state index >= 15 is 0 Å². The van der Waals surface area contributed by atoms with E-state index in [1.807, 2.05) is 19.1 Å². The molecule has 0 radical (unpaired) electrons. The lowest BCUT2D eigenvalue weighted by atomic mass is 10.0. The third-order valence-electron chi connectivity index (χ3n) is 1.79. The van der Waals surface area contributed by atoms with E-state index in [-0.39, 0.29) is 0 Å². The van der Waals surface area contributed by atoms with Gasteiger partial charge in [0.2, 0.25) is 0 Å². The van der Waals surface area contributed by atoms with Crippen LogP contribution in [0, 0.1) is 18.3 Å². The zero-order chi connectivity index (χ0) is 9.68. The smallest absolute Gasteiger partial charge is 0.142 e. The van der Waals surface area contributed by atoms with Gasteiger partial charge in [0, 0.05) is 0 Å². The molecule has 0 aromatic heterocycles. The number of nitrogens with zero attached hydrogens (tertiary/aromatic N) is 1. The molecular weight excluding hydrogens is 162 g/mol. The Morgan fingerprint density at radius 3 is 2.85 bits per heavy atom. The van der Waals surface area contributed by atoms with Crippen molar-refractivity contribution in [3.8, 4) is 6.07 Å². The van der Waals surface area contributed by atoms with Crippen molar-refractivity contribution in [3.63, 3.8) is 0 Å². The number of allylic oxidation sites excluding steroid dienone is 1. The highest BCUT2D eigenvalue weighted by Gasteiger charge is 1.99. The summed E-state index contributed by atoms with van der Waals surface area (Å²) in [6.07, 6.45) is 3.75. The Balaban J connectivity index is 3.24. The van der Waals surface area contributed by atoms with E-state index in [9.17, 15) is 4.79 Å². The summed E-state index contributed by atoms with van der Waals surface area (Å²) in [4.78, 5) is 10.1. The molecule has 0 bridgehead atoms. The lowest BCUT2D eigenvalue weighted by Crippen LogP contribution is -1.86. The van der Waals surface area contributed by atoms with Gasteiger partial charge in [0.25, 0.3) is 0 Å². The normalized spacial score (nSPS) is 9.85. The summed E-state index contributed by atoms with van der Waals surface area (Å²) in [6.45, 7) is 1.91. The van der Waals surface area contributed by atoms with Crippen molar-refractivity contribution < 1.29 is 4.79 Å². The Morgan fingerprint density at radius 2 is 2.23 bits per heavy atom. The first-order valence-corrected chi connectivity index (χ1v) is 3.91. The highest BCUT2D eigenvalue weighted by atomic mass is 16.1. The molecule has 0 saturated carbocycles. The van der Waals surface area contributed by atoms with Gasteiger partial charge in [-0.25, -0.2) is 0 Å². The molecule has 0 aliphatic heterocycles. The first-order chi connectivity index (χ1) is 6.29. The summed E-state index contributed by atoms with van der Waals surface area (Å²) in [7, 11) is 0. The van der Waals surface area contributed by atoms with Crippen molar-refractivity contribution in [2.45, 2.75) is 6.92 Å². The molecule has 1 aromatic rings. The molecule has 1 rings (SSSR count). The van der Waals surface area contributed by atoms with E-state index in [1.165, 1.54) is 6.08 Å². The van der Waals surface area contributed by atoms with Crippen molar-refractivity contribution in [1.29, 1.82) is 5.26 Å². The van der Waals surface area contributed by atoms with E-state index in [4.69, 9.17) is 5.26 Å². The lowest BCUT2D eigenvalue weighted by molar-refractivity contribution is -0.104. The monoisotopic (exact) mass is 171 g/mol. The summed E-state index contributed by atoms with van der Waals surface area (Å²) in [6, 6.07) is 7.55. The minimum atomic E-state index is 0.595. The maximum Gasteiger partial charge on any atom is 0.142 e. The fourth-order valence-corrected chi connectivity index (χ4v) is 1.13. The van der Waals surface area contributed by atoms with E-state index in [1.54, 1.807) is 12.1 Å². The van der Waals surface area contributed by atoms with Crippen LogP contribution in [0.15, 0.2) is 24.3 Å². The molecule has 64 valence electrons. The van der Waals surface area contributed by atoms with Crippen LogP contribution in [0.1, 0.15) is 16.7 Å². The van der Waals surface area contributed by atoms with Crippen LogP contribution in [0.3, 0.4) is 0 Å². The summed E-state index contributed by atoms with van der Waals surface area (Å²) < 4.78 is 0. The molecule has 0 aliphatic rings. The fourth-order valence-electron chi connectivity index (χ4n) is 1.13. The summed E-state index contributed by atoms with van der Waals surface area (Å²) >= 11 is 0. The number of nitriles is 1. The van der Waals surface area contributed by atoms with Gasteiger partial charge in [0.05, 0.1) is 11.6 Å². The second-order valence-electron chi connectivity index (χ2n) is 2.64. The largest absolute Gasteiger partial charge is 0.299 e. The van der Waals surface area contributed by atoms with Crippen LogP contribution in [-0.2, 0) is 4.79 Å². The molecule has 2 heteroatoms. The molecule has 0 unspecified atom stereocenters. The van der Waals surface area contributed by atoms with Crippen LogP contribution in [0.25, 0.3) is 6.08 Å². The Morgan fingerprint density at radius 1 is 1.46 bits per heavy atom. The third-order valence-corrected chi connectivity index (χ3v) is 1.79. The molecule has 13 heavy (non-hydrogen) atoms. The van der Waals surface area contributed by atoms with Gasteiger partial charge in [-0.05, 0) is 30.2 Å². The molecule has 0 atom stereocenters. The molecule has 0 heterocycles. The molecule has 0 fully saturated rings. The quantitative estimate of drug-likeness (QED) is 0.505. The van der Waals surface area contributed by atoms with Gasteiger partial charge in [0.15, 0.2) is 0 Å². The maximum atomic E-state index is 10.1. The fraction of sp³-hybridized carbons (Fsp3) is 0.0909. The Bertz CT molecular complexity index is 386.